The highest BCUT2D eigenvalue weighted by Crippen LogP contribution is 2.37. The van der Waals surface area contributed by atoms with E-state index in [2.05, 4.69) is 24.6 Å². The van der Waals surface area contributed by atoms with E-state index in [-0.39, 0.29) is 11.5 Å². The van der Waals surface area contributed by atoms with E-state index in [4.69, 9.17) is 14.7 Å². The van der Waals surface area contributed by atoms with Crippen molar-refractivity contribution in [2.75, 3.05) is 6.61 Å². The fourth-order valence-electron chi connectivity index (χ4n) is 3.91. The fourth-order valence-corrected chi connectivity index (χ4v) is 3.91. The highest BCUT2D eigenvalue weighted by Gasteiger charge is 2.20. The molecule has 0 saturated carbocycles. The number of fused-ring (bicyclic) bond motifs is 1. The lowest BCUT2D eigenvalue weighted by atomic mass is 9.97. The Morgan fingerprint density at radius 3 is 2.65 bits per heavy atom. The first-order valence-corrected chi connectivity index (χ1v) is 11.4. The Morgan fingerprint density at radius 1 is 1.12 bits per heavy atom. The Labute approximate surface area is 198 Å². The molecule has 1 aromatic heterocycles. The van der Waals surface area contributed by atoms with Crippen LogP contribution in [0.15, 0.2) is 65.7 Å². The van der Waals surface area contributed by atoms with Gasteiger partial charge in [0.2, 0.25) is 0 Å². The van der Waals surface area contributed by atoms with Gasteiger partial charge in [-0.3, -0.25) is 4.99 Å². The van der Waals surface area contributed by atoms with Crippen molar-refractivity contribution in [3.8, 4) is 16.9 Å². The predicted molar refractivity (Wildman–Crippen MR) is 134 cm³/mol. The normalized spacial score (nSPS) is 14.4. The summed E-state index contributed by atoms with van der Waals surface area (Å²) >= 11 is 0. The van der Waals surface area contributed by atoms with E-state index in [0.29, 0.717) is 35.0 Å². The lowest BCUT2D eigenvalue weighted by molar-refractivity contribution is 0.343. The average Bonchev–Trinajstić information content (AvgIpc) is 3.09. The van der Waals surface area contributed by atoms with Crippen molar-refractivity contribution in [1.82, 2.24) is 9.97 Å². The Morgan fingerprint density at radius 2 is 1.94 bits per heavy atom. The van der Waals surface area contributed by atoms with E-state index in [1.165, 1.54) is 17.7 Å². The van der Waals surface area contributed by atoms with Crippen molar-refractivity contribution in [2.24, 2.45) is 4.99 Å². The van der Waals surface area contributed by atoms with E-state index < -0.39 is 11.6 Å². The molecule has 1 atom stereocenters. The van der Waals surface area contributed by atoms with Crippen molar-refractivity contribution in [2.45, 2.75) is 39.5 Å². The minimum absolute atomic E-state index is 0.107. The first kappa shape index (κ1) is 23.5. The Balaban J connectivity index is 1.99. The molecule has 6 heteroatoms. The number of aliphatic imine (C=N–C) groups is 1. The van der Waals surface area contributed by atoms with Crippen LogP contribution in [0.4, 0.5) is 8.78 Å². The van der Waals surface area contributed by atoms with Crippen LogP contribution in [0, 0.1) is 11.6 Å². The minimum Gasteiger partial charge on any atom is -0.492 e. The van der Waals surface area contributed by atoms with Gasteiger partial charge in [-0.05, 0) is 49.2 Å². The summed E-state index contributed by atoms with van der Waals surface area (Å²) in [4.78, 5) is 14.3. The molecule has 0 saturated heterocycles. The smallest absolute Gasteiger partial charge is 0.179 e. The molecule has 2 aromatic carbocycles. The fraction of sp³-hybridized carbons (Fsp3) is 0.250. The summed E-state index contributed by atoms with van der Waals surface area (Å²) in [6.45, 7) is 10.3. The van der Waals surface area contributed by atoms with Crippen molar-refractivity contribution < 1.29 is 13.5 Å². The molecule has 0 radical (unpaired) electrons. The molecule has 2 heterocycles. The number of halogens is 2. The monoisotopic (exact) mass is 459 g/mol. The van der Waals surface area contributed by atoms with Gasteiger partial charge in [-0.25, -0.2) is 18.7 Å². The second kappa shape index (κ2) is 10.1. The Hall–Kier alpha value is -3.67. The minimum atomic E-state index is -0.644. The number of rotatable bonds is 7. The first-order chi connectivity index (χ1) is 16.4. The van der Waals surface area contributed by atoms with Gasteiger partial charge in [-0.1, -0.05) is 31.6 Å². The topological polar surface area (TPSA) is 47.4 Å². The SMILES string of the molecule is C=CC(C)c1nc(C2=CC=C(CC)CC=N2)nc2c(OCC)cc(-c3ccc(F)cc3F)cc12. The molecule has 1 aliphatic heterocycles. The number of nitrogens with zero attached hydrogens (tertiary/aromatic N) is 3. The molecule has 4 nitrogen and oxygen atoms in total. The van der Waals surface area contributed by atoms with E-state index in [0.717, 1.165) is 30.0 Å². The quantitative estimate of drug-likeness (QED) is 0.346. The van der Waals surface area contributed by atoms with Gasteiger partial charge in [-0.15, -0.1) is 6.58 Å². The summed E-state index contributed by atoms with van der Waals surface area (Å²) in [5.41, 5.74) is 4.13. The van der Waals surface area contributed by atoms with E-state index in [1.807, 2.05) is 32.2 Å². The van der Waals surface area contributed by atoms with Gasteiger partial charge in [0.1, 0.15) is 28.6 Å². The molecule has 0 amide bonds. The summed E-state index contributed by atoms with van der Waals surface area (Å²) in [6, 6.07) is 7.11. The number of hydrogen-bond acceptors (Lipinski definition) is 4. The number of ether oxygens (including phenoxy) is 1. The van der Waals surface area contributed by atoms with Crippen LogP contribution in [-0.4, -0.2) is 22.8 Å². The molecule has 0 spiro atoms. The largest absolute Gasteiger partial charge is 0.492 e. The van der Waals surface area contributed by atoms with Crippen LogP contribution in [0.1, 0.15) is 51.0 Å². The Kier molecular flexibility index (Phi) is 6.96. The summed E-state index contributed by atoms with van der Waals surface area (Å²) in [5.74, 6) is -0.387. The second-order valence-corrected chi connectivity index (χ2v) is 8.13. The van der Waals surface area contributed by atoms with Gasteiger partial charge in [0, 0.05) is 35.6 Å². The van der Waals surface area contributed by atoms with Crippen LogP contribution in [0.2, 0.25) is 0 Å². The molecule has 1 aliphatic rings. The summed E-state index contributed by atoms with van der Waals surface area (Å²) in [6.07, 6.45) is 9.42. The van der Waals surface area contributed by atoms with Crippen molar-refractivity contribution >= 4 is 22.8 Å². The number of allylic oxidation sites excluding steroid dienone is 4. The van der Waals surface area contributed by atoms with E-state index in [1.54, 1.807) is 12.1 Å². The van der Waals surface area contributed by atoms with Crippen LogP contribution in [0.5, 0.6) is 5.75 Å². The molecule has 4 rings (SSSR count). The van der Waals surface area contributed by atoms with Crippen LogP contribution >= 0.6 is 0 Å². The molecule has 34 heavy (non-hydrogen) atoms. The molecular formula is C28H27F2N3O. The molecule has 3 aromatic rings. The van der Waals surface area contributed by atoms with Gasteiger partial charge in [0.05, 0.1) is 12.3 Å². The predicted octanol–water partition coefficient (Wildman–Crippen LogP) is 7.42. The molecular weight excluding hydrogens is 432 g/mol. The van der Waals surface area contributed by atoms with Crippen LogP contribution in [0.25, 0.3) is 27.7 Å². The maximum atomic E-state index is 14.6. The van der Waals surface area contributed by atoms with Gasteiger partial charge < -0.3 is 4.74 Å². The molecule has 0 aliphatic carbocycles. The molecule has 0 bridgehead atoms. The highest BCUT2D eigenvalue weighted by atomic mass is 19.1. The highest BCUT2D eigenvalue weighted by molar-refractivity contribution is 5.93. The van der Waals surface area contributed by atoms with Crippen LogP contribution in [-0.2, 0) is 0 Å². The standard InChI is InChI=1S/C28H27F2N3O/c1-5-17(4)26-22-14-19(21-10-9-20(29)16-23(21)30)15-25(34-7-3)27(22)33-28(32-26)24-11-8-18(6-2)12-13-31-24/h5,8-11,13-17H,1,6-7,12H2,2-4H3. The van der Waals surface area contributed by atoms with Crippen molar-refractivity contribution in [3.05, 3.63) is 83.9 Å². The van der Waals surface area contributed by atoms with E-state index >= 15 is 0 Å². The van der Waals surface area contributed by atoms with Gasteiger partial charge in [0.15, 0.2) is 5.82 Å². The molecule has 174 valence electrons. The number of aromatic nitrogens is 2. The average molecular weight is 460 g/mol. The van der Waals surface area contributed by atoms with Gasteiger partial charge in [0.25, 0.3) is 0 Å². The second-order valence-electron chi connectivity index (χ2n) is 8.13. The zero-order valence-electron chi connectivity index (χ0n) is 19.6. The lowest BCUT2D eigenvalue weighted by Gasteiger charge is -2.16. The summed E-state index contributed by atoms with van der Waals surface area (Å²) in [7, 11) is 0. The summed E-state index contributed by atoms with van der Waals surface area (Å²) in [5, 5.41) is 0.726. The van der Waals surface area contributed by atoms with Crippen LogP contribution < -0.4 is 4.74 Å². The first-order valence-electron chi connectivity index (χ1n) is 11.4. The molecule has 1 unspecified atom stereocenters. The molecule has 0 N–H and O–H groups in total. The maximum Gasteiger partial charge on any atom is 0.179 e. The van der Waals surface area contributed by atoms with Crippen LogP contribution in [0.3, 0.4) is 0 Å². The summed E-state index contributed by atoms with van der Waals surface area (Å²) < 4.78 is 34.1. The van der Waals surface area contributed by atoms with Crippen molar-refractivity contribution in [3.63, 3.8) is 0 Å². The zero-order valence-corrected chi connectivity index (χ0v) is 19.6. The molecule has 0 fully saturated rings. The third kappa shape index (κ3) is 4.67. The maximum absolute atomic E-state index is 14.6. The van der Waals surface area contributed by atoms with Crippen molar-refractivity contribution in [1.29, 1.82) is 0 Å². The van der Waals surface area contributed by atoms with E-state index in [9.17, 15) is 8.78 Å². The van der Waals surface area contributed by atoms with Gasteiger partial charge in [-0.2, -0.15) is 0 Å². The third-order valence-electron chi connectivity index (χ3n) is 5.87. The Bertz CT molecular complexity index is 1340. The lowest BCUT2D eigenvalue weighted by Crippen LogP contribution is -2.05. The van der Waals surface area contributed by atoms with Gasteiger partial charge >= 0.3 is 0 Å². The number of benzene rings is 2. The number of hydrogen-bond donors (Lipinski definition) is 0. The third-order valence-corrected chi connectivity index (χ3v) is 5.87. The zero-order chi connectivity index (χ0) is 24.2.